The maximum Gasteiger partial charge on any atom is 0.250 e. The van der Waals surface area contributed by atoms with E-state index in [9.17, 15) is 4.79 Å². The summed E-state index contributed by atoms with van der Waals surface area (Å²) in [5.74, 6) is 1.66. The number of hydrogen-bond acceptors (Lipinski definition) is 6. The maximum atomic E-state index is 12.0. The predicted molar refractivity (Wildman–Crippen MR) is 98.3 cm³/mol. The van der Waals surface area contributed by atoms with E-state index in [1.54, 1.807) is 13.2 Å². The van der Waals surface area contributed by atoms with Gasteiger partial charge in [0.2, 0.25) is 11.0 Å². The Kier molecular flexibility index (Phi) is 5.65. The van der Waals surface area contributed by atoms with Crippen LogP contribution in [0.5, 0.6) is 11.5 Å². The van der Waals surface area contributed by atoms with Crippen molar-refractivity contribution in [1.29, 1.82) is 0 Å². The zero-order valence-corrected chi connectivity index (χ0v) is 15.1. The number of nitrogens with zero attached hydrogens (tertiary/aromatic N) is 2. The monoisotopic (exact) mass is 359 g/mol. The van der Waals surface area contributed by atoms with Crippen LogP contribution in [0.4, 0.5) is 5.13 Å². The molecule has 3 rings (SSSR count). The molecule has 0 aliphatic heterocycles. The van der Waals surface area contributed by atoms with Crippen LogP contribution in [0.25, 0.3) is 6.08 Å². The first-order chi connectivity index (χ1) is 12.2. The Morgan fingerprint density at radius 1 is 1.36 bits per heavy atom. The number of carbonyl (C=O) groups excluding carboxylic acids is 1. The molecule has 25 heavy (non-hydrogen) atoms. The molecule has 1 fully saturated rings. The van der Waals surface area contributed by atoms with Gasteiger partial charge in [0, 0.05) is 12.0 Å². The molecule has 1 amide bonds. The lowest BCUT2D eigenvalue weighted by Gasteiger charge is -2.10. The third kappa shape index (κ3) is 4.79. The lowest BCUT2D eigenvalue weighted by atomic mass is 10.2. The number of rotatable bonds is 8. The van der Waals surface area contributed by atoms with E-state index >= 15 is 0 Å². The van der Waals surface area contributed by atoms with E-state index in [4.69, 9.17) is 9.47 Å². The first-order valence-electron chi connectivity index (χ1n) is 8.33. The predicted octanol–water partition coefficient (Wildman–Crippen LogP) is 3.86. The Labute approximate surface area is 150 Å². The van der Waals surface area contributed by atoms with Crippen molar-refractivity contribution in [2.45, 2.75) is 32.1 Å². The van der Waals surface area contributed by atoms with Gasteiger partial charge in [-0.15, -0.1) is 10.2 Å². The maximum absolute atomic E-state index is 12.0. The Hall–Kier alpha value is -2.41. The summed E-state index contributed by atoms with van der Waals surface area (Å²) >= 11 is 1.44. The molecule has 0 bridgehead atoms. The number of aromatic nitrogens is 2. The van der Waals surface area contributed by atoms with Crippen molar-refractivity contribution >= 4 is 28.5 Å². The van der Waals surface area contributed by atoms with Crippen LogP contribution in [0.3, 0.4) is 0 Å². The molecule has 1 N–H and O–H groups in total. The molecule has 0 radical (unpaired) electrons. The minimum Gasteiger partial charge on any atom is -0.493 e. The smallest absolute Gasteiger partial charge is 0.250 e. The van der Waals surface area contributed by atoms with Gasteiger partial charge < -0.3 is 9.47 Å². The second-order valence-electron chi connectivity index (χ2n) is 5.80. The molecule has 0 saturated heterocycles. The number of amides is 1. The van der Waals surface area contributed by atoms with E-state index in [2.05, 4.69) is 15.5 Å². The SMILES string of the molecule is CCCOc1ccc(/C=C/C(=O)Nc2nnc(C3CC3)s2)cc1OC. The largest absolute Gasteiger partial charge is 0.493 e. The zero-order chi connectivity index (χ0) is 17.6. The fraction of sp³-hybridized carbons (Fsp3) is 0.389. The van der Waals surface area contributed by atoms with Crippen LogP contribution in [0.2, 0.25) is 0 Å². The molecule has 1 aliphatic rings. The summed E-state index contributed by atoms with van der Waals surface area (Å²) in [6.45, 7) is 2.69. The number of methoxy groups -OCH3 is 1. The lowest BCUT2D eigenvalue weighted by molar-refractivity contribution is -0.111. The van der Waals surface area contributed by atoms with E-state index < -0.39 is 0 Å². The van der Waals surface area contributed by atoms with Crippen molar-refractivity contribution in [3.8, 4) is 11.5 Å². The van der Waals surface area contributed by atoms with E-state index in [0.717, 1.165) is 17.0 Å². The summed E-state index contributed by atoms with van der Waals surface area (Å²) in [7, 11) is 1.60. The van der Waals surface area contributed by atoms with Crippen molar-refractivity contribution in [3.63, 3.8) is 0 Å². The van der Waals surface area contributed by atoms with Crippen molar-refractivity contribution in [1.82, 2.24) is 10.2 Å². The average molecular weight is 359 g/mol. The molecule has 6 nitrogen and oxygen atoms in total. The van der Waals surface area contributed by atoms with Crippen molar-refractivity contribution in [2.75, 3.05) is 19.0 Å². The van der Waals surface area contributed by atoms with Crippen LogP contribution in [0.1, 0.15) is 42.7 Å². The Bertz CT molecular complexity index is 769. The second kappa shape index (κ2) is 8.11. The molecule has 0 unspecified atom stereocenters. The highest BCUT2D eigenvalue weighted by atomic mass is 32.1. The molecule has 1 aromatic carbocycles. The first-order valence-corrected chi connectivity index (χ1v) is 9.14. The van der Waals surface area contributed by atoms with Gasteiger partial charge in [-0.2, -0.15) is 0 Å². The van der Waals surface area contributed by atoms with E-state index in [1.165, 1.54) is 30.3 Å². The zero-order valence-electron chi connectivity index (χ0n) is 14.3. The van der Waals surface area contributed by atoms with Gasteiger partial charge in [0.05, 0.1) is 13.7 Å². The molecule has 132 valence electrons. The normalized spacial score (nSPS) is 13.8. The summed E-state index contributed by atoms with van der Waals surface area (Å²) in [6, 6.07) is 5.57. The van der Waals surface area contributed by atoms with Crippen LogP contribution in [-0.4, -0.2) is 29.8 Å². The number of benzene rings is 1. The summed E-state index contributed by atoms with van der Waals surface area (Å²) in [5.41, 5.74) is 0.854. The molecule has 1 aliphatic carbocycles. The third-order valence-corrected chi connectivity index (χ3v) is 4.68. The van der Waals surface area contributed by atoms with E-state index in [0.29, 0.717) is 29.2 Å². The molecular weight excluding hydrogens is 338 g/mol. The molecule has 1 saturated carbocycles. The number of anilines is 1. The minimum absolute atomic E-state index is 0.233. The highest BCUT2D eigenvalue weighted by Gasteiger charge is 2.27. The molecule has 0 atom stereocenters. The third-order valence-electron chi connectivity index (χ3n) is 3.67. The molecule has 2 aromatic rings. The fourth-order valence-corrected chi connectivity index (χ4v) is 3.13. The quantitative estimate of drug-likeness (QED) is 0.725. The lowest BCUT2D eigenvalue weighted by Crippen LogP contribution is -2.07. The van der Waals surface area contributed by atoms with Crippen molar-refractivity contribution in [2.24, 2.45) is 0 Å². The van der Waals surface area contributed by atoms with Crippen LogP contribution in [0.15, 0.2) is 24.3 Å². The van der Waals surface area contributed by atoms with Crippen LogP contribution >= 0.6 is 11.3 Å². The van der Waals surface area contributed by atoms with E-state index in [1.807, 2.05) is 25.1 Å². The summed E-state index contributed by atoms with van der Waals surface area (Å²) in [5, 5.41) is 12.4. The Morgan fingerprint density at radius 3 is 2.92 bits per heavy atom. The van der Waals surface area contributed by atoms with Crippen LogP contribution in [0, 0.1) is 0 Å². The Balaban J connectivity index is 1.60. The second-order valence-corrected chi connectivity index (χ2v) is 6.81. The number of carbonyl (C=O) groups is 1. The van der Waals surface area contributed by atoms with Crippen molar-refractivity contribution < 1.29 is 14.3 Å². The molecule has 1 heterocycles. The summed E-state index contributed by atoms with van der Waals surface area (Å²) < 4.78 is 11.0. The van der Waals surface area contributed by atoms with Crippen LogP contribution < -0.4 is 14.8 Å². The average Bonchev–Trinajstić information content (AvgIpc) is 3.38. The summed E-state index contributed by atoms with van der Waals surface area (Å²) in [6.07, 6.45) is 6.47. The molecule has 1 aromatic heterocycles. The standard InChI is InChI=1S/C18H21N3O3S/c1-3-10-24-14-8-4-12(11-15(14)23-2)5-9-16(22)19-18-21-20-17(25-18)13-6-7-13/h4-5,8-9,11,13H,3,6-7,10H2,1-2H3,(H,19,21,22)/b9-5+. The van der Waals surface area contributed by atoms with Gasteiger partial charge in [0.15, 0.2) is 11.5 Å². The number of hydrogen-bond donors (Lipinski definition) is 1. The van der Waals surface area contributed by atoms with Gasteiger partial charge in [-0.1, -0.05) is 24.3 Å². The van der Waals surface area contributed by atoms with Gasteiger partial charge in [-0.25, -0.2) is 0 Å². The highest BCUT2D eigenvalue weighted by Crippen LogP contribution is 2.42. The minimum atomic E-state index is -0.233. The van der Waals surface area contributed by atoms with Crippen LogP contribution in [-0.2, 0) is 4.79 Å². The fourth-order valence-electron chi connectivity index (χ4n) is 2.22. The molecular formula is C18H21N3O3S. The number of nitrogens with one attached hydrogen (secondary N) is 1. The van der Waals surface area contributed by atoms with Crippen molar-refractivity contribution in [3.05, 3.63) is 34.8 Å². The highest BCUT2D eigenvalue weighted by molar-refractivity contribution is 7.15. The summed E-state index contributed by atoms with van der Waals surface area (Å²) in [4.78, 5) is 12.0. The Morgan fingerprint density at radius 2 is 2.20 bits per heavy atom. The van der Waals surface area contributed by atoms with Gasteiger partial charge in [0.25, 0.3) is 0 Å². The number of ether oxygens (including phenoxy) is 2. The van der Waals surface area contributed by atoms with Gasteiger partial charge >= 0.3 is 0 Å². The van der Waals surface area contributed by atoms with Gasteiger partial charge in [0.1, 0.15) is 5.01 Å². The van der Waals surface area contributed by atoms with Gasteiger partial charge in [-0.05, 0) is 43.0 Å². The topological polar surface area (TPSA) is 73.3 Å². The van der Waals surface area contributed by atoms with Gasteiger partial charge in [-0.3, -0.25) is 10.1 Å². The first kappa shape index (κ1) is 17.4. The molecule has 0 spiro atoms. The molecule has 7 heteroatoms. The van der Waals surface area contributed by atoms with E-state index in [-0.39, 0.29) is 5.91 Å².